The van der Waals surface area contributed by atoms with E-state index in [2.05, 4.69) is 43.5 Å². The number of fused-ring (bicyclic) bond motifs is 1. The Hall–Kier alpha value is -0.790. The number of aromatic nitrogens is 2. The molecule has 0 saturated heterocycles. The van der Waals surface area contributed by atoms with Crippen molar-refractivity contribution in [1.82, 2.24) is 9.55 Å². The van der Waals surface area contributed by atoms with E-state index in [0.717, 1.165) is 24.8 Å². The summed E-state index contributed by atoms with van der Waals surface area (Å²) in [6, 6.07) is 11.6. The van der Waals surface area contributed by atoms with Gasteiger partial charge in [0.05, 0.1) is 16.7 Å². The summed E-state index contributed by atoms with van der Waals surface area (Å²) >= 11 is 11.7. The second-order valence-corrected chi connectivity index (χ2v) is 6.55. The molecule has 0 bridgehead atoms. The van der Waals surface area contributed by atoms with Crippen LogP contribution in [0, 0.1) is 3.57 Å². The van der Waals surface area contributed by atoms with Gasteiger partial charge in [0.2, 0.25) is 5.95 Å². The smallest absolute Gasteiger partial charge is 0.205 e. The van der Waals surface area contributed by atoms with Crippen LogP contribution in [0.15, 0.2) is 40.9 Å². The van der Waals surface area contributed by atoms with Crippen LogP contribution in [0.1, 0.15) is 0 Å². The number of halogens is 3. The maximum absolute atomic E-state index is 6.04. The molecule has 0 spiro atoms. The first-order chi connectivity index (χ1) is 9.06. The molecule has 6 heteroatoms. The van der Waals surface area contributed by atoms with Crippen LogP contribution in [0.25, 0.3) is 16.7 Å². The highest BCUT2D eigenvalue weighted by Gasteiger charge is 2.12. The molecule has 0 aliphatic rings. The number of nitrogen functional groups attached to an aromatic ring is 1. The molecular formula is C13H8BrClIN3. The molecule has 0 atom stereocenters. The zero-order valence-corrected chi connectivity index (χ0v) is 14.1. The van der Waals surface area contributed by atoms with E-state index in [1.165, 1.54) is 0 Å². The van der Waals surface area contributed by atoms with Gasteiger partial charge in [0, 0.05) is 13.1 Å². The third-order valence-electron chi connectivity index (χ3n) is 2.79. The first-order valence-corrected chi connectivity index (χ1v) is 7.70. The Morgan fingerprint density at radius 1 is 1.21 bits per heavy atom. The molecule has 0 fully saturated rings. The SMILES string of the molecule is Nc1nc2ccc(Br)cc2n1-c1ccc(Cl)cc1I. The quantitative estimate of drug-likeness (QED) is 0.552. The lowest BCUT2D eigenvalue weighted by molar-refractivity contribution is 1.10. The van der Waals surface area contributed by atoms with Gasteiger partial charge in [-0.15, -0.1) is 0 Å². The highest BCUT2D eigenvalue weighted by molar-refractivity contribution is 14.1. The number of imidazole rings is 1. The average molecular weight is 448 g/mol. The molecule has 19 heavy (non-hydrogen) atoms. The number of hydrogen-bond donors (Lipinski definition) is 1. The van der Waals surface area contributed by atoms with Crippen molar-refractivity contribution in [3.63, 3.8) is 0 Å². The van der Waals surface area contributed by atoms with E-state index in [-0.39, 0.29) is 0 Å². The van der Waals surface area contributed by atoms with Crippen LogP contribution in [-0.4, -0.2) is 9.55 Å². The Balaban J connectivity index is 2.35. The van der Waals surface area contributed by atoms with Gasteiger partial charge in [-0.05, 0) is 59.0 Å². The van der Waals surface area contributed by atoms with E-state index >= 15 is 0 Å². The topological polar surface area (TPSA) is 43.8 Å². The average Bonchev–Trinajstić information content (AvgIpc) is 2.65. The van der Waals surface area contributed by atoms with Crippen molar-refractivity contribution >= 4 is 67.1 Å². The van der Waals surface area contributed by atoms with E-state index in [4.69, 9.17) is 17.3 Å². The molecule has 1 heterocycles. The molecule has 2 N–H and O–H groups in total. The predicted octanol–water partition coefficient (Wildman–Crippen LogP) is 4.63. The molecule has 0 saturated carbocycles. The highest BCUT2D eigenvalue weighted by atomic mass is 127. The summed E-state index contributed by atoms with van der Waals surface area (Å²) in [5, 5.41) is 0.706. The zero-order chi connectivity index (χ0) is 13.6. The number of anilines is 1. The molecule has 1 aromatic heterocycles. The second-order valence-electron chi connectivity index (χ2n) is 4.03. The molecule has 0 amide bonds. The summed E-state index contributed by atoms with van der Waals surface area (Å²) in [4.78, 5) is 4.38. The summed E-state index contributed by atoms with van der Waals surface area (Å²) in [5.41, 5.74) is 8.85. The zero-order valence-electron chi connectivity index (χ0n) is 9.57. The van der Waals surface area contributed by atoms with Crippen molar-refractivity contribution < 1.29 is 0 Å². The van der Waals surface area contributed by atoms with Gasteiger partial charge in [-0.2, -0.15) is 0 Å². The van der Waals surface area contributed by atoms with Crippen LogP contribution in [0.2, 0.25) is 5.02 Å². The number of rotatable bonds is 1. The van der Waals surface area contributed by atoms with Gasteiger partial charge >= 0.3 is 0 Å². The molecule has 3 rings (SSSR count). The van der Waals surface area contributed by atoms with Crippen LogP contribution in [0.5, 0.6) is 0 Å². The van der Waals surface area contributed by atoms with Crippen molar-refractivity contribution in [2.75, 3.05) is 5.73 Å². The fourth-order valence-corrected chi connectivity index (χ4v) is 3.44. The molecule has 3 aromatic rings. The summed E-state index contributed by atoms with van der Waals surface area (Å²) in [6.07, 6.45) is 0. The number of benzene rings is 2. The number of nitrogens with two attached hydrogens (primary N) is 1. The Kier molecular flexibility index (Phi) is 3.44. The first kappa shape index (κ1) is 13.2. The lowest BCUT2D eigenvalue weighted by atomic mass is 10.3. The largest absolute Gasteiger partial charge is 0.369 e. The van der Waals surface area contributed by atoms with Gasteiger partial charge in [-0.1, -0.05) is 27.5 Å². The second kappa shape index (κ2) is 4.96. The minimum Gasteiger partial charge on any atom is -0.369 e. The lowest BCUT2D eigenvalue weighted by Crippen LogP contribution is -2.02. The minimum absolute atomic E-state index is 0.466. The van der Waals surface area contributed by atoms with E-state index in [1.54, 1.807) is 0 Å². The normalized spacial score (nSPS) is 11.1. The fourth-order valence-electron chi connectivity index (χ4n) is 1.98. The monoisotopic (exact) mass is 447 g/mol. The van der Waals surface area contributed by atoms with Crippen LogP contribution >= 0.6 is 50.1 Å². The summed E-state index contributed by atoms with van der Waals surface area (Å²) < 4.78 is 3.94. The van der Waals surface area contributed by atoms with Crippen molar-refractivity contribution in [2.45, 2.75) is 0 Å². The summed E-state index contributed by atoms with van der Waals surface area (Å²) in [7, 11) is 0. The third kappa shape index (κ3) is 2.34. The maximum Gasteiger partial charge on any atom is 0.205 e. The molecule has 0 radical (unpaired) electrons. The predicted molar refractivity (Wildman–Crippen MR) is 90.9 cm³/mol. The van der Waals surface area contributed by atoms with Gasteiger partial charge < -0.3 is 5.73 Å². The first-order valence-electron chi connectivity index (χ1n) is 5.45. The standard InChI is InChI=1S/C13H8BrClIN3/c14-7-1-3-10-12(5-7)19(13(17)18-10)11-4-2-8(15)6-9(11)16/h1-6H,(H2,17,18). The Bertz CT molecular complexity index is 785. The van der Waals surface area contributed by atoms with Crippen molar-refractivity contribution in [3.05, 3.63) is 49.5 Å². The lowest BCUT2D eigenvalue weighted by Gasteiger charge is -2.09. The Morgan fingerprint density at radius 2 is 2.00 bits per heavy atom. The van der Waals surface area contributed by atoms with Crippen molar-refractivity contribution in [2.24, 2.45) is 0 Å². The molecule has 3 nitrogen and oxygen atoms in total. The van der Waals surface area contributed by atoms with Crippen LogP contribution < -0.4 is 5.73 Å². The van der Waals surface area contributed by atoms with E-state index in [0.29, 0.717) is 11.0 Å². The number of nitrogens with zero attached hydrogens (tertiary/aromatic N) is 2. The van der Waals surface area contributed by atoms with Crippen LogP contribution in [-0.2, 0) is 0 Å². The summed E-state index contributed by atoms with van der Waals surface area (Å²) in [6.45, 7) is 0. The number of hydrogen-bond acceptors (Lipinski definition) is 2. The molecular weight excluding hydrogens is 440 g/mol. The van der Waals surface area contributed by atoms with Crippen molar-refractivity contribution in [1.29, 1.82) is 0 Å². The van der Waals surface area contributed by atoms with Crippen molar-refractivity contribution in [3.8, 4) is 5.69 Å². The summed E-state index contributed by atoms with van der Waals surface area (Å²) in [5.74, 6) is 0.466. The van der Waals surface area contributed by atoms with Crippen LogP contribution in [0.3, 0.4) is 0 Å². The molecule has 0 aliphatic heterocycles. The Labute approximate surface area is 137 Å². The highest BCUT2D eigenvalue weighted by Crippen LogP contribution is 2.29. The van der Waals surface area contributed by atoms with E-state index in [9.17, 15) is 0 Å². The van der Waals surface area contributed by atoms with Crippen LogP contribution in [0.4, 0.5) is 5.95 Å². The molecule has 0 unspecified atom stereocenters. The van der Waals surface area contributed by atoms with Gasteiger partial charge in [0.25, 0.3) is 0 Å². The maximum atomic E-state index is 6.04. The molecule has 0 aliphatic carbocycles. The third-order valence-corrected chi connectivity index (χ3v) is 4.39. The molecule has 96 valence electrons. The van der Waals surface area contributed by atoms with Gasteiger partial charge in [-0.25, -0.2) is 4.98 Å². The Morgan fingerprint density at radius 3 is 2.74 bits per heavy atom. The van der Waals surface area contributed by atoms with Gasteiger partial charge in [0.15, 0.2) is 0 Å². The van der Waals surface area contributed by atoms with Gasteiger partial charge in [0.1, 0.15) is 0 Å². The van der Waals surface area contributed by atoms with E-state index in [1.807, 2.05) is 41.0 Å². The van der Waals surface area contributed by atoms with E-state index < -0.39 is 0 Å². The fraction of sp³-hybridized carbons (Fsp3) is 0. The van der Waals surface area contributed by atoms with Gasteiger partial charge in [-0.3, -0.25) is 4.57 Å². The minimum atomic E-state index is 0.466. The molecule has 2 aromatic carbocycles.